The second kappa shape index (κ2) is 5.03. The molecule has 0 heterocycles. The minimum atomic E-state index is -4.36. The summed E-state index contributed by atoms with van der Waals surface area (Å²) in [7, 11) is 0. The lowest BCUT2D eigenvalue weighted by Crippen LogP contribution is -2.47. The summed E-state index contributed by atoms with van der Waals surface area (Å²) in [5.41, 5.74) is 5.35. The minimum absolute atomic E-state index is 0.0108. The van der Waals surface area contributed by atoms with Crippen LogP contribution in [0.5, 0.6) is 0 Å². The van der Waals surface area contributed by atoms with Crippen molar-refractivity contribution >= 4 is 5.91 Å². The van der Waals surface area contributed by atoms with Gasteiger partial charge in [0.15, 0.2) is 0 Å². The van der Waals surface area contributed by atoms with Gasteiger partial charge in [-0.25, -0.2) is 0 Å². The van der Waals surface area contributed by atoms with Crippen molar-refractivity contribution in [2.75, 3.05) is 6.54 Å². The van der Waals surface area contributed by atoms with Crippen molar-refractivity contribution in [2.45, 2.75) is 50.2 Å². The van der Waals surface area contributed by atoms with E-state index in [2.05, 4.69) is 0 Å². The Kier molecular flexibility index (Phi) is 4.18. The Labute approximate surface area is 92.6 Å². The molecule has 1 amide bonds. The van der Waals surface area contributed by atoms with E-state index in [0.29, 0.717) is 12.8 Å². The van der Waals surface area contributed by atoms with Crippen LogP contribution in [0.15, 0.2) is 0 Å². The van der Waals surface area contributed by atoms with Crippen LogP contribution in [0.2, 0.25) is 0 Å². The first-order valence-electron chi connectivity index (χ1n) is 5.43. The van der Waals surface area contributed by atoms with Gasteiger partial charge in [0.25, 0.3) is 0 Å². The molecule has 3 nitrogen and oxygen atoms in total. The first kappa shape index (κ1) is 13.3. The van der Waals surface area contributed by atoms with Gasteiger partial charge in [-0.3, -0.25) is 4.79 Å². The molecule has 1 aliphatic carbocycles. The SMILES string of the molecule is NC1(CC(=O)NCC(F)(F)F)CCCCC1. The molecule has 1 saturated carbocycles. The smallest absolute Gasteiger partial charge is 0.347 e. The average Bonchev–Trinajstić information content (AvgIpc) is 2.14. The van der Waals surface area contributed by atoms with E-state index in [9.17, 15) is 18.0 Å². The molecule has 0 aromatic carbocycles. The van der Waals surface area contributed by atoms with Crippen LogP contribution in [0.3, 0.4) is 0 Å². The zero-order chi connectivity index (χ0) is 12.2. The maximum Gasteiger partial charge on any atom is 0.405 e. The zero-order valence-corrected chi connectivity index (χ0v) is 9.07. The van der Waals surface area contributed by atoms with Gasteiger partial charge < -0.3 is 11.1 Å². The van der Waals surface area contributed by atoms with Crippen LogP contribution in [-0.4, -0.2) is 24.2 Å². The number of carbonyl (C=O) groups is 1. The number of carbonyl (C=O) groups excluding carboxylic acids is 1. The average molecular weight is 238 g/mol. The lowest BCUT2D eigenvalue weighted by molar-refractivity contribution is -0.139. The maximum atomic E-state index is 11.8. The molecule has 0 bridgehead atoms. The number of alkyl halides is 3. The lowest BCUT2D eigenvalue weighted by atomic mass is 9.80. The van der Waals surface area contributed by atoms with Crippen LogP contribution in [0.25, 0.3) is 0 Å². The number of hydrogen-bond donors (Lipinski definition) is 2. The second-order valence-electron chi connectivity index (χ2n) is 4.49. The summed E-state index contributed by atoms with van der Waals surface area (Å²) >= 11 is 0. The summed E-state index contributed by atoms with van der Waals surface area (Å²) in [6.45, 7) is -1.28. The van der Waals surface area contributed by atoms with Crippen molar-refractivity contribution in [1.29, 1.82) is 0 Å². The van der Waals surface area contributed by atoms with Crippen molar-refractivity contribution in [3.8, 4) is 0 Å². The maximum absolute atomic E-state index is 11.8. The highest BCUT2D eigenvalue weighted by atomic mass is 19.4. The van der Waals surface area contributed by atoms with E-state index in [4.69, 9.17) is 5.73 Å². The number of nitrogens with two attached hydrogens (primary N) is 1. The van der Waals surface area contributed by atoms with Crippen LogP contribution in [0.4, 0.5) is 13.2 Å². The van der Waals surface area contributed by atoms with Crippen molar-refractivity contribution < 1.29 is 18.0 Å². The van der Waals surface area contributed by atoms with E-state index in [1.54, 1.807) is 0 Å². The predicted octanol–water partition coefficient (Wildman–Crippen LogP) is 1.72. The summed E-state index contributed by atoms with van der Waals surface area (Å²) < 4.78 is 35.5. The normalized spacial score (nSPS) is 20.5. The molecule has 16 heavy (non-hydrogen) atoms. The van der Waals surface area contributed by atoms with E-state index in [-0.39, 0.29) is 6.42 Å². The summed E-state index contributed by atoms with van der Waals surface area (Å²) in [5, 5.41) is 1.85. The summed E-state index contributed by atoms with van der Waals surface area (Å²) in [6.07, 6.45) is 0.0428. The molecule has 0 aromatic heterocycles. The van der Waals surface area contributed by atoms with Gasteiger partial charge in [-0.05, 0) is 12.8 Å². The first-order valence-corrected chi connectivity index (χ1v) is 5.43. The molecule has 0 spiro atoms. The van der Waals surface area contributed by atoms with Gasteiger partial charge in [0.1, 0.15) is 6.54 Å². The monoisotopic (exact) mass is 238 g/mol. The van der Waals surface area contributed by atoms with Gasteiger partial charge in [0.05, 0.1) is 0 Å². The Balaban J connectivity index is 2.33. The molecule has 6 heteroatoms. The quantitative estimate of drug-likeness (QED) is 0.786. The highest BCUT2D eigenvalue weighted by Gasteiger charge is 2.32. The Morgan fingerprint density at radius 2 is 1.81 bits per heavy atom. The van der Waals surface area contributed by atoms with Crippen LogP contribution in [-0.2, 0) is 4.79 Å². The Bertz CT molecular complexity index is 247. The fourth-order valence-corrected chi connectivity index (χ4v) is 2.01. The Morgan fingerprint density at radius 3 is 2.31 bits per heavy atom. The summed E-state index contributed by atoms with van der Waals surface area (Å²) in [6, 6.07) is 0. The number of hydrogen-bond acceptors (Lipinski definition) is 2. The molecular formula is C10H17F3N2O. The third-order valence-electron chi connectivity index (χ3n) is 2.85. The molecule has 1 rings (SSSR count). The van der Waals surface area contributed by atoms with Crippen molar-refractivity contribution in [1.82, 2.24) is 5.32 Å². The molecule has 0 atom stereocenters. The third kappa shape index (κ3) is 4.83. The lowest BCUT2D eigenvalue weighted by Gasteiger charge is -2.32. The van der Waals surface area contributed by atoms with Crippen LogP contribution in [0, 0.1) is 0 Å². The highest BCUT2D eigenvalue weighted by molar-refractivity contribution is 5.77. The summed E-state index contributed by atoms with van der Waals surface area (Å²) in [5.74, 6) is -0.610. The van der Waals surface area contributed by atoms with Crippen molar-refractivity contribution in [3.05, 3.63) is 0 Å². The zero-order valence-electron chi connectivity index (χ0n) is 9.07. The van der Waals surface area contributed by atoms with E-state index >= 15 is 0 Å². The van der Waals surface area contributed by atoms with Crippen molar-refractivity contribution in [2.24, 2.45) is 5.73 Å². The van der Waals surface area contributed by atoms with Crippen LogP contribution in [0.1, 0.15) is 38.5 Å². The molecule has 94 valence electrons. The van der Waals surface area contributed by atoms with Crippen molar-refractivity contribution in [3.63, 3.8) is 0 Å². The number of nitrogens with one attached hydrogen (secondary N) is 1. The number of halogens is 3. The van der Waals surface area contributed by atoms with E-state index in [0.717, 1.165) is 19.3 Å². The Hall–Kier alpha value is -0.780. The highest BCUT2D eigenvalue weighted by Crippen LogP contribution is 2.28. The van der Waals surface area contributed by atoms with Gasteiger partial charge in [-0.2, -0.15) is 13.2 Å². The van der Waals surface area contributed by atoms with Gasteiger partial charge in [0, 0.05) is 12.0 Å². The Morgan fingerprint density at radius 1 is 1.25 bits per heavy atom. The van der Waals surface area contributed by atoms with Crippen LogP contribution < -0.4 is 11.1 Å². The number of rotatable bonds is 3. The molecule has 3 N–H and O–H groups in total. The molecule has 0 saturated heterocycles. The molecule has 0 radical (unpaired) electrons. The predicted molar refractivity (Wildman–Crippen MR) is 53.7 cm³/mol. The summed E-state index contributed by atoms with van der Waals surface area (Å²) in [4.78, 5) is 11.3. The van der Waals surface area contributed by atoms with Gasteiger partial charge in [-0.15, -0.1) is 0 Å². The molecule has 0 aliphatic heterocycles. The fourth-order valence-electron chi connectivity index (χ4n) is 2.01. The van der Waals surface area contributed by atoms with Gasteiger partial charge in [0.2, 0.25) is 5.91 Å². The molecule has 1 aliphatic rings. The fraction of sp³-hybridized carbons (Fsp3) is 0.900. The third-order valence-corrected chi connectivity index (χ3v) is 2.85. The van der Waals surface area contributed by atoms with E-state index in [1.165, 1.54) is 0 Å². The second-order valence-corrected chi connectivity index (χ2v) is 4.49. The van der Waals surface area contributed by atoms with Crippen LogP contribution >= 0.6 is 0 Å². The topological polar surface area (TPSA) is 55.1 Å². The minimum Gasteiger partial charge on any atom is -0.347 e. The first-order chi connectivity index (χ1) is 7.31. The molecule has 1 fully saturated rings. The molecule has 0 aromatic rings. The van der Waals surface area contributed by atoms with E-state index in [1.807, 2.05) is 5.32 Å². The van der Waals surface area contributed by atoms with E-state index < -0.39 is 24.2 Å². The standard InChI is InChI=1S/C10H17F3N2O/c11-10(12,13)7-15-8(16)6-9(14)4-2-1-3-5-9/h1-7,14H2,(H,15,16). The molecule has 0 unspecified atom stereocenters. The number of amides is 1. The largest absolute Gasteiger partial charge is 0.405 e. The molecular weight excluding hydrogens is 221 g/mol. The van der Waals surface area contributed by atoms with Gasteiger partial charge in [-0.1, -0.05) is 19.3 Å². The van der Waals surface area contributed by atoms with Gasteiger partial charge >= 0.3 is 6.18 Å².